The van der Waals surface area contributed by atoms with Crippen LogP contribution in [0.25, 0.3) is 11.0 Å². The Kier molecular flexibility index (Phi) is 3.50. The summed E-state index contributed by atoms with van der Waals surface area (Å²) in [5, 5.41) is 3.47. The molecule has 0 aliphatic carbocycles. The molecule has 1 atom stereocenters. The third-order valence-corrected chi connectivity index (χ3v) is 4.07. The van der Waals surface area contributed by atoms with Crippen molar-refractivity contribution >= 4 is 16.7 Å². The van der Waals surface area contributed by atoms with Crippen LogP contribution in [0, 0.1) is 6.92 Å². The van der Waals surface area contributed by atoms with E-state index < -0.39 is 0 Å². The molecular weight excluding hydrogens is 286 g/mol. The van der Waals surface area contributed by atoms with E-state index >= 15 is 0 Å². The van der Waals surface area contributed by atoms with Crippen molar-refractivity contribution in [2.45, 2.75) is 26.0 Å². The zero-order valence-corrected chi connectivity index (χ0v) is 13.0. The quantitative estimate of drug-likeness (QED) is 0.748. The van der Waals surface area contributed by atoms with E-state index in [9.17, 15) is 0 Å². The van der Waals surface area contributed by atoms with Gasteiger partial charge in [-0.2, -0.15) is 0 Å². The molecule has 2 aromatic carbocycles. The highest BCUT2D eigenvalue weighted by Crippen LogP contribution is 2.27. The number of ether oxygens (including phenoxy) is 1. The predicted octanol–water partition coefficient (Wildman–Crippen LogP) is 4.46. The largest absolute Gasteiger partial charge is 0.490 e. The Morgan fingerprint density at radius 2 is 2.22 bits per heavy atom. The molecule has 0 fully saturated rings. The maximum atomic E-state index is 5.53. The number of aromatic nitrogens is 2. The van der Waals surface area contributed by atoms with Gasteiger partial charge in [0.05, 0.1) is 17.3 Å². The van der Waals surface area contributed by atoms with Crippen molar-refractivity contribution in [3.8, 4) is 0 Å². The number of H-pyrrole nitrogens is 1. The number of nitrogens with one attached hydrogen (secondary N) is 2. The average Bonchev–Trinajstić information content (AvgIpc) is 3.21. The maximum Gasteiger partial charge on any atom is 0.159 e. The first kappa shape index (κ1) is 13.9. The monoisotopic (exact) mass is 305 g/mol. The summed E-state index contributed by atoms with van der Waals surface area (Å²) in [4.78, 5) is 7.99. The molecule has 1 aromatic heterocycles. The average molecular weight is 305 g/mol. The Bertz CT molecular complexity index is 858. The maximum absolute atomic E-state index is 5.53. The molecule has 23 heavy (non-hydrogen) atoms. The van der Waals surface area contributed by atoms with E-state index in [1.165, 1.54) is 11.1 Å². The molecule has 1 unspecified atom stereocenters. The van der Waals surface area contributed by atoms with Crippen LogP contribution in [0.5, 0.6) is 0 Å². The van der Waals surface area contributed by atoms with Crippen LogP contribution in [0.3, 0.4) is 0 Å². The lowest BCUT2D eigenvalue weighted by molar-refractivity contribution is 0.165. The first-order chi connectivity index (χ1) is 11.3. The van der Waals surface area contributed by atoms with Crippen molar-refractivity contribution in [2.24, 2.45) is 0 Å². The highest BCUT2D eigenvalue weighted by atomic mass is 16.5. The summed E-state index contributed by atoms with van der Waals surface area (Å²) in [7, 11) is 0. The Hall–Kier alpha value is -2.75. The molecule has 0 radical (unpaired) electrons. The van der Waals surface area contributed by atoms with E-state index in [2.05, 4.69) is 58.6 Å². The third-order valence-electron chi connectivity index (χ3n) is 4.07. The van der Waals surface area contributed by atoms with E-state index in [0.717, 1.165) is 35.5 Å². The summed E-state index contributed by atoms with van der Waals surface area (Å²) < 4.78 is 5.53. The normalized spacial score (nSPS) is 16.7. The van der Waals surface area contributed by atoms with E-state index in [4.69, 9.17) is 4.74 Å². The molecule has 2 heterocycles. The fourth-order valence-electron chi connectivity index (χ4n) is 2.88. The number of aromatic amines is 1. The number of benzene rings is 2. The van der Waals surface area contributed by atoms with Crippen molar-refractivity contribution in [1.82, 2.24) is 9.97 Å². The minimum absolute atomic E-state index is 0.0195. The lowest BCUT2D eigenvalue weighted by Crippen LogP contribution is -1.99. The van der Waals surface area contributed by atoms with Gasteiger partial charge in [0, 0.05) is 18.7 Å². The molecule has 2 N–H and O–H groups in total. The third kappa shape index (κ3) is 2.93. The van der Waals surface area contributed by atoms with Crippen LogP contribution < -0.4 is 5.32 Å². The summed E-state index contributed by atoms with van der Waals surface area (Å²) in [6.07, 6.45) is 4.66. The van der Waals surface area contributed by atoms with Gasteiger partial charge in [0.25, 0.3) is 0 Å². The van der Waals surface area contributed by atoms with Gasteiger partial charge in [0.2, 0.25) is 0 Å². The SMILES string of the molecule is Cc1cccc(CNc2ccc3nc(C4CC=CO4)[nH]c3c2)c1. The van der Waals surface area contributed by atoms with Gasteiger partial charge in [-0.15, -0.1) is 0 Å². The highest BCUT2D eigenvalue weighted by molar-refractivity contribution is 5.79. The standard InChI is InChI=1S/C19H19N3O/c1-13-4-2-5-14(10-13)12-20-15-7-8-16-17(11-15)22-19(21-16)18-6-3-9-23-18/h2-5,7-11,18,20H,6,12H2,1H3,(H,21,22). The van der Waals surface area contributed by atoms with Crippen LogP contribution in [-0.4, -0.2) is 9.97 Å². The van der Waals surface area contributed by atoms with Crippen LogP contribution in [0.4, 0.5) is 5.69 Å². The second kappa shape index (κ2) is 5.80. The fraction of sp³-hybridized carbons (Fsp3) is 0.211. The lowest BCUT2D eigenvalue weighted by atomic mass is 10.1. The minimum Gasteiger partial charge on any atom is -0.490 e. The van der Waals surface area contributed by atoms with Gasteiger partial charge in [-0.3, -0.25) is 0 Å². The smallest absolute Gasteiger partial charge is 0.159 e. The molecule has 0 amide bonds. The number of hydrogen-bond acceptors (Lipinski definition) is 3. The van der Waals surface area contributed by atoms with Gasteiger partial charge in [0.15, 0.2) is 6.10 Å². The second-order valence-electron chi connectivity index (χ2n) is 5.93. The summed E-state index contributed by atoms with van der Waals surface area (Å²) in [6.45, 7) is 2.92. The zero-order chi connectivity index (χ0) is 15.6. The number of rotatable bonds is 4. The van der Waals surface area contributed by atoms with Gasteiger partial charge >= 0.3 is 0 Å². The first-order valence-electron chi connectivity index (χ1n) is 7.87. The van der Waals surface area contributed by atoms with Crippen molar-refractivity contribution in [3.63, 3.8) is 0 Å². The molecule has 0 saturated heterocycles. The van der Waals surface area contributed by atoms with Gasteiger partial charge in [-0.25, -0.2) is 4.98 Å². The number of anilines is 1. The van der Waals surface area contributed by atoms with E-state index in [0.29, 0.717) is 0 Å². The molecule has 1 aliphatic heterocycles. The number of aryl methyl sites for hydroxylation is 1. The fourth-order valence-corrected chi connectivity index (χ4v) is 2.88. The van der Waals surface area contributed by atoms with Crippen molar-refractivity contribution in [3.05, 3.63) is 71.8 Å². The van der Waals surface area contributed by atoms with Crippen molar-refractivity contribution in [2.75, 3.05) is 5.32 Å². The van der Waals surface area contributed by atoms with Crippen LogP contribution >= 0.6 is 0 Å². The molecular formula is C19H19N3O. The molecule has 0 saturated carbocycles. The Labute approximate surface area is 135 Å². The Morgan fingerprint density at radius 1 is 1.26 bits per heavy atom. The summed E-state index contributed by atoms with van der Waals surface area (Å²) in [6, 6.07) is 14.7. The van der Waals surface area contributed by atoms with E-state index in [1.807, 2.05) is 12.1 Å². The Balaban J connectivity index is 1.51. The molecule has 116 valence electrons. The second-order valence-corrected chi connectivity index (χ2v) is 5.93. The number of nitrogens with zero attached hydrogens (tertiary/aromatic N) is 1. The zero-order valence-electron chi connectivity index (χ0n) is 13.0. The van der Waals surface area contributed by atoms with Gasteiger partial charge in [0.1, 0.15) is 5.82 Å². The van der Waals surface area contributed by atoms with Crippen LogP contribution in [-0.2, 0) is 11.3 Å². The molecule has 4 rings (SSSR count). The topological polar surface area (TPSA) is 49.9 Å². The van der Waals surface area contributed by atoms with E-state index in [1.54, 1.807) is 6.26 Å². The summed E-state index contributed by atoms with van der Waals surface area (Å²) >= 11 is 0. The highest BCUT2D eigenvalue weighted by Gasteiger charge is 2.18. The van der Waals surface area contributed by atoms with Crippen LogP contribution in [0.2, 0.25) is 0 Å². The van der Waals surface area contributed by atoms with Gasteiger partial charge in [-0.05, 0) is 36.8 Å². The summed E-state index contributed by atoms with van der Waals surface area (Å²) in [5.74, 6) is 0.890. The molecule has 3 aromatic rings. The first-order valence-corrected chi connectivity index (χ1v) is 7.87. The lowest BCUT2D eigenvalue weighted by Gasteiger charge is -2.07. The van der Waals surface area contributed by atoms with Gasteiger partial charge < -0.3 is 15.0 Å². The predicted molar refractivity (Wildman–Crippen MR) is 92.2 cm³/mol. The number of fused-ring (bicyclic) bond motifs is 1. The number of hydrogen-bond donors (Lipinski definition) is 2. The summed E-state index contributed by atoms with van der Waals surface area (Å²) in [5.41, 5.74) is 5.64. The number of imidazole rings is 1. The molecule has 4 nitrogen and oxygen atoms in total. The van der Waals surface area contributed by atoms with Crippen molar-refractivity contribution < 1.29 is 4.74 Å². The molecule has 0 bridgehead atoms. The van der Waals surface area contributed by atoms with Crippen LogP contribution in [0.1, 0.15) is 29.5 Å². The van der Waals surface area contributed by atoms with Crippen molar-refractivity contribution in [1.29, 1.82) is 0 Å². The van der Waals surface area contributed by atoms with Crippen LogP contribution in [0.15, 0.2) is 54.8 Å². The molecule has 4 heteroatoms. The van der Waals surface area contributed by atoms with Gasteiger partial charge in [-0.1, -0.05) is 29.8 Å². The molecule has 1 aliphatic rings. The minimum atomic E-state index is 0.0195. The molecule has 0 spiro atoms. The van der Waals surface area contributed by atoms with E-state index in [-0.39, 0.29) is 6.10 Å². The Morgan fingerprint density at radius 3 is 3.04 bits per heavy atom.